The maximum atomic E-state index is 8.12. The summed E-state index contributed by atoms with van der Waals surface area (Å²) in [5.41, 5.74) is 4.92. The van der Waals surface area contributed by atoms with Gasteiger partial charge >= 0.3 is 6.15 Å². The smallest absolute Gasteiger partial charge is 0.373 e. The van der Waals surface area contributed by atoms with E-state index in [0.717, 1.165) is 37.4 Å². The van der Waals surface area contributed by atoms with E-state index in [0.29, 0.717) is 26.7 Å². The molecule has 0 unspecified atom stereocenters. The Morgan fingerprint density at radius 3 is 2.47 bits per heavy atom. The average molecular weight is 560 g/mol. The summed E-state index contributed by atoms with van der Waals surface area (Å²) in [6, 6.07) is 11.0. The van der Waals surface area contributed by atoms with Gasteiger partial charge in [-0.15, -0.1) is 11.8 Å². The molecule has 184 valence electrons. The van der Waals surface area contributed by atoms with Gasteiger partial charge in [0.25, 0.3) is 0 Å². The number of rotatable bonds is 6. The van der Waals surface area contributed by atoms with Gasteiger partial charge in [-0.3, -0.25) is 0 Å². The summed E-state index contributed by atoms with van der Waals surface area (Å²) >= 11 is 15.7. The van der Waals surface area contributed by atoms with Gasteiger partial charge in [0, 0.05) is 22.6 Å². The van der Waals surface area contributed by atoms with Crippen molar-refractivity contribution in [2.24, 2.45) is 0 Å². The lowest BCUT2D eigenvalue weighted by atomic mass is 10.1. The first-order valence-corrected chi connectivity index (χ1v) is 12.9. The van der Waals surface area contributed by atoms with Gasteiger partial charge < -0.3 is 4.74 Å². The summed E-state index contributed by atoms with van der Waals surface area (Å²) in [5, 5.41) is 6.86. The molecule has 0 spiro atoms. The highest BCUT2D eigenvalue weighted by Crippen LogP contribution is 2.41. The van der Waals surface area contributed by atoms with Gasteiger partial charge in [-0.25, -0.2) is 14.5 Å². The van der Waals surface area contributed by atoms with E-state index in [1.165, 1.54) is 0 Å². The second-order valence-corrected chi connectivity index (χ2v) is 11.3. The predicted molar refractivity (Wildman–Crippen MR) is 144 cm³/mol. The van der Waals surface area contributed by atoms with Gasteiger partial charge in [0.15, 0.2) is 5.69 Å². The molecular formula is C25H20Cl2N4O3S2. The van der Waals surface area contributed by atoms with Crippen LogP contribution in [0.15, 0.2) is 46.8 Å². The highest BCUT2D eigenvalue weighted by molar-refractivity contribution is 8.01. The molecule has 0 atom stereocenters. The Morgan fingerprint density at radius 1 is 1.14 bits per heavy atom. The molecule has 0 aliphatic heterocycles. The monoisotopic (exact) mass is 558 g/mol. The molecule has 0 aliphatic rings. The fourth-order valence-corrected chi connectivity index (χ4v) is 6.02. The minimum absolute atomic E-state index is 0.250. The summed E-state index contributed by atoms with van der Waals surface area (Å²) in [4.78, 5) is 24.7. The van der Waals surface area contributed by atoms with Crippen LogP contribution >= 0.6 is 46.3 Å². The molecule has 0 saturated heterocycles. The molecule has 0 amide bonds. The first-order valence-electron chi connectivity index (χ1n) is 10.5. The van der Waals surface area contributed by atoms with Crippen LogP contribution in [0.25, 0.3) is 32.4 Å². The van der Waals surface area contributed by atoms with Crippen LogP contribution in [-0.4, -0.2) is 33.3 Å². The summed E-state index contributed by atoms with van der Waals surface area (Å²) in [7, 11) is 1.59. The summed E-state index contributed by atoms with van der Waals surface area (Å²) in [5.74, 6) is 0.637. The van der Waals surface area contributed by atoms with E-state index in [2.05, 4.69) is 18.7 Å². The number of nitrogens with zero attached hydrogens (tertiary/aromatic N) is 4. The molecule has 2 aromatic heterocycles. The number of thiazole rings is 1. The molecule has 11 heteroatoms. The minimum Gasteiger partial charge on any atom is -0.498 e. The molecule has 2 heterocycles. The zero-order chi connectivity index (χ0) is 26.4. The Hall–Kier alpha value is -3.12. The maximum absolute atomic E-state index is 8.12. The zero-order valence-corrected chi connectivity index (χ0v) is 22.8. The second kappa shape index (κ2) is 12.2. The van der Waals surface area contributed by atoms with Crippen LogP contribution in [0.5, 0.6) is 5.75 Å². The van der Waals surface area contributed by atoms with Gasteiger partial charge in [0.1, 0.15) is 5.75 Å². The van der Waals surface area contributed by atoms with Crippen LogP contribution in [-0.2, 0) is 9.59 Å². The first kappa shape index (κ1) is 27.5. The standard InChI is InChI=1S/C24H20Cl2N4OS2.CO2/c1-13(2)32-23-22(15-6-7-20(25)21(26)10-15)28-24(33-23)30-12-19(14(3)29-30)16-8-17(27-4)11-18(9-16)31-5;2-1-3/h6-13H,1-3,5H3;. The molecule has 0 aliphatic carbocycles. The van der Waals surface area contributed by atoms with Crippen LogP contribution in [0.1, 0.15) is 19.5 Å². The molecule has 0 fully saturated rings. The van der Waals surface area contributed by atoms with E-state index in [1.54, 1.807) is 47.0 Å². The van der Waals surface area contributed by atoms with Crippen molar-refractivity contribution in [3.8, 4) is 33.3 Å². The molecule has 0 radical (unpaired) electrons. The van der Waals surface area contributed by atoms with Crippen molar-refractivity contribution in [2.45, 2.75) is 30.2 Å². The Labute approximate surface area is 226 Å². The van der Waals surface area contributed by atoms with Crippen LogP contribution in [0.3, 0.4) is 0 Å². The van der Waals surface area contributed by atoms with Gasteiger partial charge in [0.05, 0.1) is 39.3 Å². The quantitative estimate of drug-likeness (QED) is 0.178. The Balaban J connectivity index is 0.00000115. The van der Waals surface area contributed by atoms with Crippen molar-refractivity contribution in [3.05, 3.63) is 69.8 Å². The third-order valence-electron chi connectivity index (χ3n) is 4.78. The zero-order valence-electron chi connectivity index (χ0n) is 19.7. The molecular weight excluding hydrogens is 539 g/mol. The van der Waals surface area contributed by atoms with Gasteiger partial charge in [-0.05, 0) is 42.8 Å². The predicted octanol–water partition coefficient (Wildman–Crippen LogP) is 7.75. The third-order valence-corrected chi connectivity index (χ3v) is 7.78. The third kappa shape index (κ3) is 6.35. The van der Waals surface area contributed by atoms with Crippen molar-refractivity contribution < 1.29 is 14.3 Å². The highest BCUT2D eigenvalue weighted by Gasteiger charge is 2.19. The number of ether oxygens (including phenoxy) is 1. The van der Waals surface area contributed by atoms with Crippen LogP contribution in [0.4, 0.5) is 5.69 Å². The number of hydrogen-bond acceptors (Lipinski definition) is 7. The lowest BCUT2D eigenvalue weighted by Gasteiger charge is -2.05. The summed E-state index contributed by atoms with van der Waals surface area (Å²) < 4.78 is 8.25. The van der Waals surface area contributed by atoms with E-state index in [1.807, 2.05) is 37.4 Å². The van der Waals surface area contributed by atoms with Gasteiger partial charge in [-0.2, -0.15) is 14.7 Å². The molecule has 4 rings (SSSR count). The minimum atomic E-state index is 0.250. The molecule has 0 saturated carbocycles. The number of methoxy groups -OCH3 is 1. The molecule has 2 aromatic carbocycles. The van der Waals surface area contributed by atoms with Gasteiger partial charge in [0.2, 0.25) is 5.13 Å². The topological polar surface area (TPSA) is 78.4 Å². The van der Waals surface area contributed by atoms with Crippen molar-refractivity contribution >= 4 is 58.1 Å². The highest BCUT2D eigenvalue weighted by atomic mass is 35.5. The molecule has 0 N–H and O–H groups in total. The number of halogens is 2. The van der Waals surface area contributed by atoms with Crippen molar-refractivity contribution in [1.29, 1.82) is 0 Å². The lowest BCUT2D eigenvalue weighted by molar-refractivity contribution is -0.191. The van der Waals surface area contributed by atoms with Crippen LogP contribution in [0, 0.1) is 13.5 Å². The van der Waals surface area contributed by atoms with E-state index in [9.17, 15) is 0 Å². The average Bonchev–Trinajstić information content (AvgIpc) is 3.44. The Morgan fingerprint density at radius 2 is 1.86 bits per heavy atom. The van der Waals surface area contributed by atoms with E-state index < -0.39 is 0 Å². The number of carbonyl (C=O) groups excluding carboxylic acids is 2. The fraction of sp³-hybridized carbons (Fsp3) is 0.200. The SMILES string of the molecule is O=C=O.[C-]#[N+]c1cc(OC)cc(-c2cn(-c3nc(-c4ccc(Cl)c(Cl)c4)c(SC(C)C)s3)nc2C)c1. The molecule has 0 bridgehead atoms. The van der Waals surface area contributed by atoms with E-state index in [-0.39, 0.29) is 6.15 Å². The van der Waals surface area contributed by atoms with Crippen molar-refractivity contribution in [3.63, 3.8) is 0 Å². The number of benzene rings is 2. The lowest BCUT2D eigenvalue weighted by Crippen LogP contribution is -1.94. The Bertz CT molecular complexity index is 1470. The van der Waals surface area contributed by atoms with E-state index >= 15 is 0 Å². The molecule has 36 heavy (non-hydrogen) atoms. The molecule has 7 nitrogen and oxygen atoms in total. The van der Waals surface area contributed by atoms with Crippen molar-refractivity contribution in [2.75, 3.05) is 7.11 Å². The van der Waals surface area contributed by atoms with Crippen LogP contribution < -0.4 is 4.74 Å². The largest absolute Gasteiger partial charge is 0.498 e. The number of thioether (sulfide) groups is 1. The van der Waals surface area contributed by atoms with Crippen LogP contribution in [0.2, 0.25) is 10.0 Å². The normalized spacial score (nSPS) is 10.4. The maximum Gasteiger partial charge on any atom is 0.373 e. The number of hydrogen-bond donors (Lipinski definition) is 0. The number of aryl methyl sites for hydroxylation is 1. The van der Waals surface area contributed by atoms with Crippen molar-refractivity contribution in [1.82, 2.24) is 14.8 Å². The second-order valence-electron chi connectivity index (χ2n) is 7.62. The Kier molecular flexibility index (Phi) is 9.32. The fourth-order valence-electron chi connectivity index (χ4n) is 3.28. The molecule has 4 aromatic rings. The van der Waals surface area contributed by atoms with E-state index in [4.69, 9.17) is 54.2 Å². The first-order chi connectivity index (χ1) is 17.2. The summed E-state index contributed by atoms with van der Waals surface area (Å²) in [6.07, 6.45) is 2.19. The summed E-state index contributed by atoms with van der Waals surface area (Å²) in [6.45, 7) is 13.6. The van der Waals surface area contributed by atoms with Gasteiger partial charge in [-0.1, -0.05) is 54.5 Å². The number of aromatic nitrogens is 3.